The first-order chi connectivity index (χ1) is 12.1. The van der Waals surface area contributed by atoms with Gasteiger partial charge in [0.15, 0.2) is 0 Å². The number of para-hydroxylation sites is 1. The highest BCUT2D eigenvalue weighted by Crippen LogP contribution is 2.33. The van der Waals surface area contributed by atoms with E-state index < -0.39 is 0 Å². The summed E-state index contributed by atoms with van der Waals surface area (Å²) < 4.78 is 1.41. The highest BCUT2D eigenvalue weighted by Gasteiger charge is 2.09. The van der Waals surface area contributed by atoms with Gasteiger partial charge < -0.3 is 9.88 Å². The first kappa shape index (κ1) is 17.0. The van der Waals surface area contributed by atoms with Crippen LogP contribution in [-0.2, 0) is 11.3 Å². The molecule has 0 fully saturated rings. The number of pyridine rings is 1. The first-order valence-corrected chi connectivity index (χ1v) is 8.73. The number of amides is 1. The Morgan fingerprint density at radius 1 is 1.00 bits per heavy atom. The van der Waals surface area contributed by atoms with E-state index in [1.165, 1.54) is 4.57 Å². The molecule has 0 aliphatic heterocycles. The molecule has 3 rings (SSSR count). The first-order valence-electron chi connectivity index (χ1n) is 7.91. The number of rotatable bonds is 5. The zero-order valence-corrected chi connectivity index (χ0v) is 14.6. The van der Waals surface area contributed by atoms with Gasteiger partial charge >= 0.3 is 0 Å². The molecule has 0 aliphatic carbocycles. The number of benzene rings is 2. The minimum atomic E-state index is -0.228. The van der Waals surface area contributed by atoms with Crippen molar-refractivity contribution in [3.8, 4) is 0 Å². The van der Waals surface area contributed by atoms with Gasteiger partial charge in [-0.15, -0.1) is 0 Å². The Morgan fingerprint density at radius 2 is 1.72 bits per heavy atom. The number of nitrogens with one attached hydrogen (secondary N) is 1. The average molecular weight is 350 g/mol. The number of nitrogens with zero attached hydrogens (tertiary/aromatic N) is 1. The molecule has 3 aromatic rings. The third-order valence-corrected chi connectivity index (χ3v) is 4.74. The van der Waals surface area contributed by atoms with Crippen molar-refractivity contribution in [2.45, 2.75) is 23.3 Å². The van der Waals surface area contributed by atoms with Crippen LogP contribution in [0.3, 0.4) is 0 Å². The van der Waals surface area contributed by atoms with Gasteiger partial charge in [0.05, 0.1) is 5.69 Å². The molecule has 0 unspecified atom stereocenters. The van der Waals surface area contributed by atoms with Crippen LogP contribution in [0.5, 0.6) is 0 Å². The summed E-state index contributed by atoms with van der Waals surface area (Å²) in [6.07, 6.45) is 1.62. The van der Waals surface area contributed by atoms with E-state index in [0.29, 0.717) is 5.56 Å². The average Bonchev–Trinajstić information content (AvgIpc) is 2.62. The standard InChI is InChI=1S/C20H18N2O2S/c1-15-8-7-13-22(20(15)24)14-19(23)21-17-11-5-6-12-18(17)25-16-9-3-2-4-10-16/h2-13H,14H2,1H3,(H,21,23). The van der Waals surface area contributed by atoms with Crippen LogP contribution in [0.15, 0.2) is 87.5 Å². The Morgan fingerprint density at radius 3 is 2.52 bits per heavy atom. The van der Waals surface area contributed by atoms with Crippen LogP contribution in [0.25, 0.3) is 0 Å². The molecule has 0 saturated heterocycles. The molecule has 1 amide bonds. The second-order valence-corrected chi connectivity index (χ2v) is 6.70. The summed E-state index contributed by atoms with van der Waals surface area (Å²) in [6.45, 7) is 1.73. The second kappa shape index (κ2) is 7.85. The van der Waals surface area contributed by atoms with E-state index in [2.05, 4.69) is 5.32 Å². The van der Waals surface area contributed by atoms with E-state index in [0.717, 1.165) is 15.5 Å². The van der Waals surface area contributed by atoms with Crippen LogP contribution in [0.2, 0.25) is 0 Å². The number of carbonyl (C=O) groups excluding carboxylic acids is 1. The predicted octanol–water partition coefficient (Wildman–Crippen LogP) is 3.95. The molecule has 126 valence electrons. The third kappa shape index (κ3) is 4.39. The molecule has 1 aromatic heterocycles. The molecule has 1 N–H and O–H groups in total. The van der Waals surface area contributed by atoms with Crippen molar-refractivity contribution in [2.24, 2.45) is 0 Å². The summed E-state index contributed by atoms with van der Waals surface area (Å²) in [6, 6.07) is 21.1. The van der Waals surface area contributed by atoms with Crippen molar-refractivity contribution >= 4 is 23.4 Å². The lowest BCUT2D eigenvalue weighted by molar-refractivity contribution is -0.116. The van der Waals surface area contributed by atoms with E-state index in [9.17, 15) is 9.59 Å². The Balaban J connectivity index is 1.75. The van der Waals surface area contributed by atoms with Gasteiger partial charge in [0.25, 0.3) is 5.56 Å². The zero-order chi connectivity index (χ0) is 17.6. The van der Waals surface area contributed by atoms with E-state index in [-0.39, 0.29) is 18.0 Å². The van der Waals surface area contributed by atoms with Crippen molar-refractivity contribution in [1.82, 2.24) is 4.57 Å². The largest absolute Gasteiger partial charge is 0.324 e. The highest BCUT2D eigenvalue weighted by atomic mass is 32.2. The molecule has 0 bridgehead atoms. The fraction of sp³-hybridized carbons (Fsp3) is 0.100. The van der Waals surface area contributed by atoms with E-state index in [1.807, 2.05) is 54.6 Å². The number of hydrogen-bond donors (Lipinski definition) is 1. The van der Waals surface area contributed by atoms with Crippen LogP contribution < -0.4 is 10.9 Å². The Kier molecular flexibility index (Phi) is 5.36. The van der Waals surface area contributed by atoms with Crippen molar-refractivity contribution in [1.29, 1.82) is 0 Å². The number of aryl methyl sites for hydroxylation is 1. The fourth-order valence-electron chi connectivity index (χ4n) is 2.40. The molecule has 0 saturated carbocycles. The van der Waals surface area contributed by atoms with Crippen LogP contribution in [-0.4, -0.2) is 10.5 Å². The van der Waals surface area contributed by atoms with Crippen LogP contribution in [0, 0.1) is 6.92 Å². The maximum atomic E-state index is 12.4. The quantitative estimate of drug-likeness (QED) is 0.758. The molecule has 25 heavy (non-hydrogen) atoms. The van der Waals surface area contributed by atoms with Gasteiger partial charge in [-0.25, -0.2) is 0 Å². The van der Waals surface area contributed by atoms with Gasteiger partial charge in [-0.3, -0.25) is 9.59 Å². The summed E-state index contributed by atoms with van der Waals surface area (Å²) in [7, 11) is 0. The maximum absolute atomic E-state index is 12.4. The SMILES string of the molecule is Cc1cccn(CC(=O)Nc2ccccc2Sc2ccccc2)c1=O. The lowest BCUT2D eigenvalue weighted by Gasteiger charge is -2.12. The second-order valence-electron chi connectivity index (χ2n) is 5.58. The van der Waals surface area contributed by atoms with Crippen molar-refractivity contribution in [3.63, 3.8) is 0 Å². The Labute approximate surface area is 150 Å². The van der Waals surface area contributed by atoms with E-state index in [1.54, 1.807) is 37.0 Å². The molecule has 0 atom stereocenters. The van der Waals surface area contributed by atoms with Gasteiger partial charge in [-0.2, -0.15) is 0 Å². The third-order valence-electron chi connectivity index (χ3n) is 3.66. The molecule has 0 aliphatic rings. The minimum Gasteiger partial charge on any atom is -0.324 e. The molecule has 0 spiro atoms. The zero-order valence-electron chi connectivity index (χ0n) is 13.8. The number of hydrogen-bond acceptors (Lipinski definition) is 3. The lowest BCUT2D eigenvalue weighted by Crippen LogP contribution is -2.28. The monoisotopic (exact) mass is 350 g/mol. The molecular formula is C20H18N2O2S. The number of carbonyl (C=O) groups is 1. The van der Waals surface area contributed by atoms with Crippen molar-refractivity contribution < 1.29 is 4.79 Å². The topological polar surface area (TPSA) is 51.1 Å². The lowest BCUT2D eigenvalue weighted by atomic mass is 10.3. The van der Waals surface area contributed by atoms with E-state index in [4.69, 9.17) is 0 Å². The summed E-state index contributed by atoms with van der Waals surface area (Å²) >= 11 is 1.58. The van der Waals surface area contributed by atoms with Gasteiger partial charge in [0.2, 0.25) is 5.91 Å². The maximum Gasteiger partial charge on any atom is 0.253 e. The molecule has 4 nitrogen and oxygen atoms in total. The fourth-order valence-corrected chi connectivity index (χ4v) is 3.32. The van der Waals surface area contributed by atoms with Gasteiger partial charge in [0.1, 0.15) is 6.54 Å². The molecule has 1 heterocycles. The number of aromatic nitrogens is 1. The smallest absolute Gasteiger partial charge is 0.253 e. The molecular weight excluding hydrogens is 332 g/mol. The van der Waals surface area contributed by atoms with Crippen molar-refractivity contribution in [3.05, 3.63) is 88.8 Å². The summed E-state index contributed by atoms with van der Waals surface area (Å²) in [5, 5.41) is 2.91. The number of anilines is 1. The van der Waals surface area contributed by atoms with Crippen molar-refractivity contribution in [2.75, 3.05) is 5.32 Å². The van der Waals surface area contributed by atoms with Crippen LogP contribution in [0.1, 0.15) is 5.56 Å². The Bertz CT molecular complexity index is 936. The Hall–Kier alpha value is -2.79. The van der Waals surface area contributed by atoms with Crippen LogP contribution >= 0.6 is 11.8 Å². The minimum absolute atomic E-state index is 0.00908. The normalized spacial score (nSPS) is 10.4. The van der Waals surface area contributed by atoms with Gasteiger partial charge in [0, 0.05) is 21.6 Å². The highest BCUT2D eigenvalue weighted by molar-refractivity contribution is 7.99. The van der Waals surface area contributed by atoms with Gasteiger partial charge in [-0.05, 0) is 37.3 Å². The summed E-state index contributed by atoms with van der Waals surface area (Å²) in [5.74, 6) is -0.228. The predicted molar refractivity (Wildman–Crippen MR) is 101 cm³/mol. The van der Waals surface area contributed by atoms with E-state index >= 15 is 0 Å². The molecule has 2 aromatic carbocycles. The summed E-state index contributed by atoms with van der Waals surface area (Å²) in [5.41, 5.74) is 1.21. The van der Waals surface area contributed by atoms with Gasteiger partial charge in [-0.1, -0.05) is 48.2 Å². The molecule has 5 heteroatoms. The molecule has 0 radical (unpaired) electrons. The van der Waals surface area contributed by atoms with Crippen LogP contribution in [0.4, 0.5) is 5.69 Å². The summed E-state index contributed by atoms with van der Waals surface area (Å²) in [4.78, 5) is 26.5.